The second-order valence-corrected chi connectivity index (χ2v) is 6.19. The van der Waals surface area contributed by atoms with Gasteiger partial charge in [0.15, 0.2) is 23.0 Å². The Kier molecular flexibility index (Phi) is 3.76. The Bertz CT molecular complexity index is 1080. The van der Waals surface area contributed by atoms with Crippen molar-refractivity contribution >= 4 is 10.8 Å². The predicted molar refractivity (Wildman–Crippen MR) is 98.3 cm³/mol. The van der Waals surface area contributed by atoms with Gasteiger partial charge in [0.1, 0.15) is 0 Å². The first-order valence-corrected chi connectivity index (χ1v) is 8.37. The number of hydrogen-bond donors (Lipinski definition) is 1. The Morgan fingerprint density at radius 3 is 2.62 bits per heavy atom. The van der Waals surface area contributed by atoms with Crippen LogP contribution in [0.25, 0.3) is 22.0 Å². The molecule has 0 spiro atoms. The molecule has 6 nitrogen and oxygen atoms in total. The molecule has 6 heteroatoms. The van der Waals surface area contributed by atoms with Crippen LogP contribution in [0.3, 0.4) is 0 Å². The molecule has 1 aromatic heterocycles. The number of ether oxygens (including phenoxy) is 3. The normalized spacial score (nSPS) is 12.6. The van der Waals surface area contributed by atoms with E-state index in [0.29, 0.717) is 11.1 Å². The van der Waals surface area contributed by atoms with Crippen LogP contribution in [0.4, 0.5) is 0 Å². The molecule has 0 amide bonds. The minimum Gasteiger partial charge on any atom is -0.504 e. The highest BCUT2D eigenvalue weighted by atomic mass is 16.7. The van der Waals surface area contributed by atoms with Gasteiger partial charge >= 0.3 is 0 Å². The smallest absolute Gasteiger partial charge is 0.262 e. The monoisotopic (exact) mass is 353 g/mol. The van der Waals surface area contributed by atoms with E-state index in [1.807, 2.05) is 18.2 Å². The minimum absolute atomic E-state index is 0.140. The van der Waals surface area contributed by atoms with Gasteiger partial charge in [0.2, 0.25) is 6.79 Å². The molecule has 0 radical (unpaired) electrons. The minimum atomic E-state index is -0.284. The maximum atomic E-state index is 12.9. The van der Waals surface area contributed by atoms with Crippen LogP contribution in [-0.2, 0) is 13.5 Å². The van der Waals surface area contributed by atoms with Crippen LogP contribution in [0.5, 0.6) is 23.0 Å². The van der Waals surface area contributed by atoms with E-state index in [-0.39, 0.29) is 29.2 Å². The summed E-state index contributed by atoms with van der Waals surface area (Å²) < 4.78 is 17.6. The van der Waals surface area contributed by atoms with Crippen LogP contribution in [0.15, 0.2) is 35.1 Å². The van der Waals surface area contributed by atoms with Gasteiger partial charge in [-0.1, -0.05) is 13.0 Å². The molecule has 0 saturated heterocycles. The van der Waals surface area contributed by atoms with Crippen molar-refractivity contribution in [2.75, 3.05) is 13.9 Å². The Labute approximate surface area is 150 Å². The quantitative estimate of drug-likeness (QED) is 0.783. The van der Waals surface area contributed by atoms with E-state index < -0.39 is 0 Å². The number of phenolic OH excluding ortho intramolecular Hbond substituents is 1. The van der Waals surface area contributed by atoms with Crippen molar-refractivity contribution in [3.8, 4) is 34.3 Å². The number of hydrogen-bond acceptors (Lipinski definition) is 5. The van der Waals surface area contributed by atoms with Crippen molar-refractivity contribution in [2.24, 2.45) is 7.05 Å². The van der Waals surface area contributed by atoms with Crippen molar-refractivity contribution in [2.45, 2.75) is 13.3 Å². The molecule has 4 rings (SSSR count). The average Bonchev–Trinajstić information content (AvgIpc) is 3.11. The molecule has 0 atom stereocenters. The molecule has 0 fully saturated rings. The summed E-state index contributed by atoms with van der Waals surface area (Å²) in [6, 6.07) is 9.19. The zero-order valence-electron chi connectivity index (χ0n) is 14.8. The molecule has 134 valence electrons. The van der Waals surface area contributed by atoms with Crippen LogP contribution in [0.1, 0.15) is 12.5 Å². The molecule has 1 aliphatic rings. The summed E-state index contributed by atoms with van der Waals surface area (Å²) in [5, 5.41) is 11.3. The lowest BCUT2D eigenvalue weighted by Gasteiger charge is -2.15. The predicted octanol–water partition coefficient (Wildman–Crippen LogP) is 3.21. The van der Waals surface area contributed by atoms with Gasteiger partial charge < -0.3 is 23.9 Å². The third-order valence-electron chi connectivity index (χ3n) is 4.82. The van der Waals surface area contributed by atoms with Crippen LogP contribution in [0, 0.1) is 0 Å². The fourth-order valence-electron chi connectivity index (χ4n) is 3.39. The molecule has 0 aliphatic carbocycles. The summed E-state index contributed by atoms with van der Waals surface area (Å²) in [5.41, 5.74) is 2.44. The number of aromatic nitrogens is 1. The van der Waals surface area contributed by atoms with Gasteiger partial charge in [0, 0.05) is 12.6 Å². The highest BCUT2D eigenvalue weighted by Gasteiger charge is 2.20. The number of nitrogens with zero attached hydrogens (tertiary/aromatic N) is 1. The van der Waals surface area contributed by atoms with Crippen molar-refractivity contribution < 1.29 is 19.3 Å². The Morgan fingerprint density at radius 2 is 1.92 bits per heavy atom. The summed E-state index contributed by atoms with van der Waals surface area (Å²) >= 11 is 0. The molecule has 3 aromatic rings. The lowest BCUT2D eigenvalue weighted by atomic mass is 9.98. The first kappa shape index (κ1) is 16.3. The van der Waals surface area contributed by atoms with Crippen molar-refractivity contribution in [3.05, 3.63) is 46.2 Å². The maximum absolute atomic E-state index is 12.9. The first-order chi connectivity index (χ1) is 12.5. The number of phenols is 1. The Morgan fingerprint density at radius 1 is 1.19 bits per heavy atom. The van der Waals surface area contributed by atoms with E-state index in [0.717, 1.165) is 29.0 Å². The summed E-state index contributed by atoms with van der Waals surface area (Å²) in [6.45, 7) is 2.25. The number of methoxy groups -OCH3 is 1. The van der Waals surface area contributed by atoms with Crippen LogP contribution < -0.4 is 19.8 Å². The molecule has 2 heterocycles. The summed E-state index contributed by atoms with van der Waals surface area (Å²) in [6.07, 6.45) is 0.784. The van der Waals surface area contributed by atoms with Gasteiger partial charge in [-0.3, -0.25) is 4.79 Å². The lowest BCUT2D eigenvalue weighted by Crippen LogP contribution is -2.19. The van der Waals surface area contributed by atoms with Crippen molar-refractivity contribution in [3.63, 3.8) is 0 Å². The number of fused-ring (bicyclic) bond motifs is 2. The largest absolute Gasteiger partial charge is 0.504 e. The fourth-order valence-corrected chi connectivity index (χ4v) is 3.39. The molecule has 2 aromatic carbocycles. The number of pyridine rings is 1. The molecule has 26 heavy (non-hydrogen) atoms. The summed E-state index contributed by atoms with van der Waals surface area (Å²) in [7, 11) is 3.15. The second-order valence-electron chi connectivity index (χ2n) is 6.19. The van der Waals surface area contributed by atoms with Gasteiger partial charge in [0.25, 0.3) is 5.56 Å². The average molecular weight is 353 g/mol. The van der Waals surface area contributed by atoms with Gasteiger partial charge in [0.05, 0.1) is 18.2 Å². The highest BCUT2D eigenvalue weighted by molar-refractivity contribution is 5.92. The zero-order chi connectivity index (χ0) is 18.4. The third kappa shape index (κ3) is 2.29. The Hall–Kier alpha value is -3.15. The zero-order valence-corrected chi connectivity index (χ0v) is 14.8. The topological polar surface area (TPSA) is 69.9 Å². The maximum Gasteiger partial charge on any atom is 0.262 e. The van der Waals surface area contributed by atoms with E-state index in [9.17, 15) is 9.90 Å². The summed E-state index contributed by atoms with van der Waals surface area (Å²) in [5.74, 6) is 1.53. The number of benzene rings is 2. The second kappa shape index (κ2) is 5.98. The molecule has 1 aliphatic heterocycles. The SMILES string of the molecule is CCc1cc2c(cc1-c1cc3ccc(OC)c(O)c3c(=O)n1C)OCO2. The van der Waals surface area contributed by atoms with E-state index in [4.69, 9.17) is 14.2 Å². The van der Waals surface area contributed by atoms with E-state index in [1.165, 1.54) is 11.7 Å². The van der Waals surface area contributed by atoms with Crippen molar-refractivity contribution in [1.82, 2.24) is 4.57 Å². The molecule has 1 N–H and O–H groups in total. The molecular weight excluding hydrogens is 334 g/mol. The molecule has 0 saturated carbocycles. The van der Waals surface area contributed by atoms with E-state index in [2.05, 4.69) is 6.92 Å². The highest BCUT2D eigenvalue weighted by Crippen LogP contribution is 2.40. The van der Waals surface area contributed by atoms with Crippen molar-refractivity contribution in [1.29, 1.82) is 0 Å². The van der Waals surface area contributed by atoms with E-state index in [1.54, 1.807) is 19.2 Å². The van der Waals surface area contributed by atoms with Gasteiger partial charge in [-0.2, -0.15) is 0 Å². The third-order valence-corrected chi connectivity index (χ3v) is 4.82. The standard InChI is InChI=1S/C20H19NO5/c1-4-11-8-16-17(26-10-25-16)9-13(11)14-7-12-5-6-15(24-3)19(22)18(12)20(23)21(14)2/h5-9,22H,4,10H2,1-3H3. The van der Waals surface area contributed by atoms with Crippen LogP contribution >= 0.6 is 0 Å². The first-order valence-electron chi connectivity index (χ1n) is 8.37. The number of aryl methyl sites for hydroxylation is 1. The number of rotatable bonds is 3. The summed E-state index contributed by atoms with van der Waals surface area (Å²) in [4.78, 5) is 12.9. The molecular formula is C20H19NO5. The fraction of sp³-hybridized carbons (Fsp3) is 0.250. The Balaban J connectivity index is 2.02. The molecule has 0 unspecified atom stereocenters. The number of aromatic hydroxyl groups is 1. The van der Waals surface area contributed by atoms with Gasteiger partial charge in [-0.05, 0) is 41.6 Å². The van der Waals surface area contributed by atoms with Crippen LogP contribution in [-0.4, -0.2) is 23.6 Å². The lowest BCUT2D eigenvalue weighted by molar-refractivity contribution is 0.174. The van der Waals surface area contributed by atoms with Crippen LogP contribution in [0.2, 0.25) is 0 Å². The van der Waals surface area contributed by atoms with E-state index >= 15 is 0 Å². The van der Waals surface area contributed by atoms with Gasteiger partial charge in [-0.15, -0.1) is 0 Å². The van der Waals surface area contributed by atoms with Gasteiger partial charge in [-0.25, -0.2) is 0 Å². The molecule has 0 bridgehead atoms.